The molecule has 4 aromatic rings. The number of anilines is 1. The number of amides is 1. The van der Waals surface area contributed by atoms with Gasteiger partial charge in [0.05, 0.1) is 12.4 Å². The van der Waals surface area contributed by atoms with Crippen LogP contribution in [-0.2, 0) is 13.6 Å². The molecule has 0 saturated heterocycles. The molecule has 4 rings (SSSR count). The van der Waals surface area contributed by atoms with Gasteiger partial charge in [-0.1, -0.05) is 41.9 Å². The molecular weight excluding hydrogens is 460 g/mol. The van der Waals surface area contributed by atoms with E-state index in [1.54, 1.807) is 16.9 Å². The normalized spacial score (nSPS) is 12.9. The predicted molar refractivity (Wildman–Crippen MR) is 125 cm³/mol. The number of hydrogen-bond acceptors (Lipinski definition) is 7. The van der Waals surface area contributed by atoms with Gasteiger partial charge < -0.3 is 14.9 Å². The number of rotatable bonds is 7. The first kappa shape index (κ1) is 23.2. The predicted octanol–water partition coefficient (Wildman–Crippen LogP) is 3.53. The van der Waals surface area contributed by atoms with Crippen molar-refractivity contribution in [3.63, 3.8) is 0 Å². The third-order valence-corrected chi connectivity index (χ3v) is 6.03. The van der Waals surface area contributed by atoms with Crippen LogP contribution in [0.5, 0.6) is 5.75 Å². The third-order valence-electron chi connectivity index (χ3n) is 5.69. The summed E-state index contributed by atoms with van der Waals surface area (Å²) < 4.78 is 7.74. The molecule has 0 fully saturated rings. The van der Waals surface area contributed by atoms with E-state index >= 15 is 0 Å². The lowest BCUT2D eigenvalue weighted by Crippen LogP contribution is -2.29. The Bertz CT molecular complexity index is 1380. The van der Waals surface area contributed by atoms with Crippen molar-refractivity contribution in [3.8, 4) is 5.75 Å². The molecule has 1 aromatic carbocycles. The Hall–Kier alpha value is -3.92. The summed E-state index contributed by atoms with van der Waals surface area (Å²) >= 11 is 6.56. The molecule has 0 radical (unpaired) electrons. The number of aryl methyl sites for hydroxylation is 1. The minimum atomic E-state index is -0.764. The van der Waals surface area contributed by atoms with E-state index < -0.39 is 28.8 Å². The highest BCUT2D eigenvalue weighted by molar-refractivity contribution is 6.31. The number of carbonyl (C=O) groups excluding carboxylic acids is 1. The van der Waals surface area contributed by atoms with Gasteiger partial charge in [-0.3, -0.25) is 18.8 Å². The lowest BCUT2D eigenvalue weighted by Gasteiger charge is -2.26. The van der Waals surface area contributed by atoms with Crippen LogP contribution in [0.2, 0.25) is 5.02 Å². The summed E-state index contributed by atoms with van der Waals surface area (Å²) in [4.78, 5) is 30.1. The van der Waals surface area contributed by atoms with Crippen molar-refractivity contribution in [2.24, 2.45) is 7.05 Å². The van der Waals surface area contributed by atoms with E-state index in [0.717, 1.165) is 11.1 Å². The molecule has 0 saturated carbocycles. The molecule has 3 aromatic heterocycles. The molecule has 10 nitrogen and oxygen atoms in total. The van der Waals surface area contributed by atoms with E-state index in [1.807, 2.05) is 38.2 Å². The summed E-state index contributed by atoms with van der Waals surface area (Å²) in [6.45, 7) is 4.56. The molecule has 176 valence electrons. The van der Waals surface area contributed by atoms with Crippen LogP contribution in [0.1, 0.15) is 53.1 Å². The fourth-order valence-corrected chi connectivity index (χ4v) is 4.21. The molecule has 0 aliphatic carbocycles. The standard InChI is InChI=1S/C23H23ClN6O4/c1-4-30-11-14(9-25-30)18(16-7-5-6-8-17(16)24)13(2)21-28-19(20(31)23(33)29(21)3)22(32)27-15-10-26-34-12-15/h5-13,18,31H,4H2,1-3H3,(H,27,32)/t13-,18+/m1/s1. The Morgan fingerprint density at radius 3 is 2.71 bits per heavy atom. The van der Waals surface area contributed by atoms with Gasteiger partial charge in [0.15, 0.2) is 5.69 Å². The second-order valence-electron chi connectivity index (χ2n) is 7.82. The van der Waals surface area contributed by atoms with Gasteiger partial charge in [-0.05, 0) is 24.1 Å². The van der Waals surface area contributed by atoms with Crippen LogP contribution in [0.3, 0.4) is 0 Å². The molecule has 11 heteroatoms. The van der Waals surface area contributed by atoms with Crippen LogP contribution in [0.25, 0.3) is 0 Å². The number of hydrogen-bond donors (Lipinski definition) is 2. The molecule has 3 heterocycles. The Morgan fingerprint density at radius 1 is 1.29 bits per heavy atom. The second-order valence-corrected chi connectivity index (χ2v) is 8.22. The first-order valence-corrected chi connectivity index (χ1v) is 11.0. The van der Waals surface area contributed by atoms with E-state index in [0.29, 0.717) is 17.4 Å². The monoisotopic (exact) mass is 482 g/mol. The quantitative estimate of drug-likeness (QED) is 0.412. The lowest BCUT2D eigenvalue weighted by molar-refractivity contribution is 0.101. The molecule has 2 N–H and O–H groups in total. The van der Waals surface area contributed by atoms with Crippen molar-refractivity contribution < 1.29 is 14.4 Å². The van der Waals surface area contributed by atoms with Crippen LogP contribution in [0.15, 0.2) is 58.4 Å². The number of carbonyl (C=O) groups is 1. The van der Waals surface area contributed by atoms with Crippen molar-refractivity contribution >= 4 is 23.2 Å². The Morgan fingerprint density at radius 2 is 2.06 bits per heavy atom. The van der Waals surface area contributed by atoms with Crippen LogP contribution in [-0.4, -0.2) is 35.5 Å². The van der Waals surface area contributed by atoms with Gasteiger partial charge in [-0.2, -0.15) is 5.10 Å². The highest BCUT2D eigenvalue weighted by Gasteiger charge is 2.31. The van der Waals surface area contributed by atoms with Crippen LogP contribution in [0, 0.1) is 0 Å². The highest BCUT2D eigenvalue weighted by Crippen LogP contribution is 2.40. The van der Waals surface area contributed by atoms with E-state index in [4.69, 9.17) is 16.1 Å². The summed E-state index contributed by atoms with van der Waals surface area (Å²) in [7, 11) is 1.50. The zero-order chi connectivity index (χ0) is 24.4. The van der Waals surface area contributed by atoms with Crippen LogP contribution >= 0.6 is 11.6 Å². The molecular formula is C23H23ClN6O4. The van der Waals surface area contributed by atoms with Gasteiger partial charge in [0.25, 0.3) is 11.5 Å². The molecule has 0 spiro atoms. The smallest absolute Gasteiger partial charge is 0.296 e. The highest BCUT2D eigenvalue weighted by atomic mass is 35.5. The maximum atomic E-state index is 12.9. The van der Waals surface area contributed by atoms with Crippen molar-refractivity contribution in [3.05, 3.63) is 87.1 Å². The SMILES string of the molecule is CCn1cc([C@@H](c2ccccc2Cl)[C@@H](C)c2nc(C(=O)Nc3cnoc3)c(O)c(=O)n2C)cn1. The summed E-state index contributed by atoms with van der Waals surface area (Å²) in [5.41, 5.74) is 0.829. The van der Waals surface area contributed by atoms with Gasteiger partial charge in [0.1, 0.15) is 17.8 Å². The number of nitrogens with zero attached hydrogens (tertiary/aromatic N) is 5. The molecule has 1 amide bonds. The number of aromatic nitrogens is 5. The summed E-state index contributed by atoms with van der Waals surface area (Å²) in [6.07, 6.45) is 6.19. The minimum absolute atomic E-state index is 0.266. The van der Waals surface area contributed by atoms with Gasteiger partial charge in [-0.25, -0.2) is 4.98 Å². The maximum Gasteiger partial charge on any atom is 0.296 e. The Balaban J connectivity index is 1.83. The largest absolute Gasteiger partial charge is 0.501 e. The van der Waals surface area contributed by atoms with Crippen LogP contribution < -0.4 is 10.9 Å². The van der Waals surface area contributed by atoms with E-state index in [2.05, 4.69) is 20.6 Å². The van der Waals surface area contributed by atoms with Crippen molar-refractivity contribution in [1.29, 1.82) is 0 Å². The minimum Gasteiger partial charge on any atom is -0.501 e. The van der Waals surface area contributed by atoms with Gasteiger partial charge in [0.2, 0.25) is 5.75 Å². The third kappa shape index (κ3) is 4.32. The number of benzene rings is 1. The topological polar surface area (TPSA) is 128 Å². The van der Waals surface area contributed by atoms with E-state index in [-0.39, 0.29) is 11.6 Å². The second kappa shape index (κ2) is 9.52. The molecule has 2 atom stereocenters. The summed E-state index contributed by atoms with van der Waals surface area (Å²) in [5, 5.41) is 21.4. The molecule has 0 aliphatic heterocycles. The average Bonchev–Trinajstić information content (AvgIpc) is 3.51. The number of nitrogens with one attached hydrogen (secondary N) is 1. The fourth-order valence-electron chi connectivity index (χ4n) is 3.96. The summed E-state index contributed by atoms with van der Waals surface area (Å²) in [6, 6.07) is 7.42. The van der Waals surface area contributed by atoms with E-state index in [1.165, 1.54) is 24.1 Å². The first-order valence-electron chi connectivity index (χ1n) is 10.6. The van der Waals surface area contributed by atoms with E-state index in [9.17, 15) is 14.7 Å². The zero-order valence-electron chi connectivity index (χ0n) is 18.8. The number of aromatic hydroxyl groups is 1. The molecule has 34 heavy (non-hydrogen) atoms. The summed E-state index contributed by atoms with van der Waals surface area (Å²) in [5.74, 6) is -1.96. The Kier molecular flexibility index (Phi) is 6.51. The Labute approximate surface area is 199 Å². The molecule has 0 aliphatic rings. The van der Waals surface area contributed by atoms with Gasteiger partial charge >= 0.3 is 0 Å². The fraction of sp³-hybridized carbons (Fsp3) is 0.261. The first-order chi connectivity index (χ1) is 16.3. The van der Waals surface area contributed by atoms with Gasteiger partial charge in [0, 0.05) is 36.6 Å². The van der Waals surface area contributed by atoms with Crippen molar-refractivity contribution in [1.82, 2.24) is 24.5 Å². The van der Waals surface area contributed by atoms with Gasteiger partial charge in [-0.15, -0.1) is 0 Å². The lowest BCUT2D eigenvalue weighted by atomic mass is 9.82. The van der Waals surface area contributed by atoms with Crippen molar-refractivity contribution in [2.45, 2.75) is 32.2 Å². The zero-order valence-corrected chi connectivity index (χ0v) is 19.5. The van der Waals surface area contributed by atoms with Crippen LogP contribution in [0.4, 0.5) is 5.69 Å². The number of halogens is 1. The maximum absolute atomic E-state index is 12.9. The molecule has 0 bridgehead atoms. The average molecular weight is 483 g/mol. The van der Waals surface area contributed by atoms with Crippen molar-refractivity contribution in [2.75, 3.05) is 5.32 Å². The molecule has 0 unspecified atom stereocenters.